The second kappa shape index (κ2) is 6.11. The van der Waals surface area contributed by atoms with Crippen LogP contribution in [0.15, 0.2) is 45.3 Å². The fourth-order valence-corrected chi connectivity index (χ4v) is 2.78. The van der Waals surface area contributed by atoms with Gasteiger partial charge in [0.15, 0.2) is 11.6 Å². The second-order valence-corrected chi connectivity index (χ2v) is 5.83. The third-order valence-electron chi connectivity index (χ3n) is 2.83. The monoisotopic (exact) mass is 389 g/mol. The fourth-order valence-electron chi connectivity index (χ4n) is 1.93. The highest BCUT2D eigenvalue weighted by atomic mass is 79.9. The molecule has 0 fully saturated rings. The van der Waals surface area contributed by atoms with Crippen molar-refractivity contribution >= 4 is 31.9 Å². The Kier molecular flexibility index (Phi) is 4.71. The summed E-state index contributed by atoms with van der Waals surface area (Å²) in [6.45, 7) is 0. The van der Waals surface area contributed by atoms with Crippen molar-refractivity contribution in [2.45, 2.75) is 6.04 Å². The van der Waals surface area contributed by atoms with Gasteiger partial charge in [0, 0.05) is 8.95 Å². The van der Waals surface area contributed by atoms with Crippen molar-refractivity contribution in [1.82, 2.24) is 5.32 Å². The normalized spacial score (nSPS) is 12.5. The minimum atomic E-state index is -0.844. The van der Waals surface area contributed by atoms with Gasteiger partial charge in [0.05, 0.1) is 6.04 Å². The highest BCUT2D eigenvalue weighted by Gasteiger charge is 2.17. The first-order valence-electron chi connectivity index (χ1n) is 5.60. The highest BCUT2D eigenvalue weighted by Crippen LogP contribution is 2.31. The van der Waals surface area contributed by atoms with Gasteiger partial charge in [-0.3, -0.25) is 0 Å². The van der Waals surface area contributed by atoms with Crippen LogP contribution in [0.3, 0.4) is 0 Å². The Bertz CT molecular complexity index is 602. The van der Waals surface area contributed by atoms with Crippen LogP contribution < -0.4 is 5.32 Å². The maximum absolute atomic E-state index is 13.3. The van der Waals surface area contributed by atoms with E-state index in [2.05, 4.69) is 37.2 Å². The smallest absolute Gasteiger partial charge is 0.159 e. The van der Waals surface area contributed by atoms with E-state index in [4.69, 9.17) is 0 Å². The summed E-state index contributed by atoms with van der Waals surface area (Å²) >= 11 is 6.88. The van der Waals surface area contributed by atoms with E-state index in [9.17, 15) is 8.78 Å². The summed E-state index contributed by atoms with van der Waals surface area (Å²) in [7, 11) is 1.78. The minimum absolute atomic E-state index is 0.220. The first kappa shape index (κ1) is 14.6. The average Bonchev–Trinajstić information content (AvgIpc) is 2.38. The molecule has 5 heteroatoms. The molecular weight excluding hydrogens is 380 g/mol. The minimum Gasteiger partial charge on any atom is -0.309 e. The van der Waals surface area contributed by atoms with E-state index in [1.807, 2.05) is 18.2 Å². The lowest BCUT2D eigenvalue weighted by molar-refractivity contribution is 0.505. The van der Waals surface area contributed by atoms with Crippen LogP contribution in [0.5, 0.6) is 0 Å². The van der Waals surface area contributed by atoms with Crippen molar-refractivity contribution in [2.24, 2.45) is 0 Å². The van der Waals surface area contributed by atoms with E-state index in [1.54, 1.807) is 13.1 Å². The summed E-state index contributed by atoms with van der Waals surface area (Å²) < 4.78 is 28.2. The SMILES string of the molecule is CNC(c1ccc(F)c(F)c1)c1cc(Br)ccc1Br. The third kappa shape index (κ3) is 3.22. The zero-order chi connectivity index (χ0) is 14.0. The van der Waals surface area contributed by atoms with Gasteiger partial charge < -0.3 is 5.32 Å². The zero-order valence-electron chi connectivity index (χ0n) is 10.1. The number of nitrogens with one attached hydrogen (secondary N) is 1. The Morgan fingerprint density at radius 2 is 1.74 bits per heavy atom. The van der Waals surface area contributed by atoms with Gasteiger partial charge in [0.2, 0.25) is 0 Å². The molecule has 19 heavy (non-hydrogen) atoms. The molecule has 0 spiro atoms. The maximum Gasteiger partial charge on any atom is 0.159 e. The second-order valence-electron chi connectivity index (χ2n) is 4.06. The lowest BCUT2D eigenvalue weighted by Gasteiger charge is -2.19. The van der Waals surface area contributed by atoms with Gasteiger partial charge in [-0.2, -0.15) is 0 Å². The summed E-state index contributed by atoms with van der Waals surface area (Å²) in [5, 5.41) is 3.11. The Labute approximate surface area is 127 Å². The maximum atomic E-state index is 13.3. The standard InChI is InChI=1S/C14H11Br2F2N/c1-19-14(8-2-5-12(17)13(18)6-8)10-7-9(15)3-4-11(10)16/h2-7,14,19H,1H3. The Balaban J connectivity index is 2.49. The molecule has 1 unspecified atom stereocenters. The lowest BCUT2D eigenvalue weighted by atomic mass is 9.99. The fraction of sp³-hybridized carbons (Fsp3) is 0.143. The molecule has 100 valence electrons. The molecular formula is C14H11Br2F2N. The van der Waals surface area contributed by atoms with Crippen LogP contribution >= 0.6 is 31.9 Å². The topological polar surface area (TPSA) is 12.0 Å². The third-order valence-corrected chi connectivity index (χ3v) is 4.05. The van der Waals surface area contributed by atoms with Crippen LogP contribution in [-0.2, 0) is 0 Å². The van der Waals surface area contributed by atoms with Crippen molar-refractivity contribution in [1.29, 1.82) is 0 Å². The van der Waals surface area contributed by atoms with Crippen molar-refractivity contribution < 1.29 is 8.78 Å². The molecule has 2 aromatic rings. The lowest BCUT2D eigenvalue weighted by Crippen LogP contribution is -2.18. The van der Waals surface area contributed by atoms with Gasteiger partial charge in [-0.1, -0.05) is 37.9 Å². The Morgan fingerprint density at radius 1 is 1.00 bits per heavy atom. The summed E-state index contributed by atoms with van der Waals surface area (Å²) in [5.41, 5.74) is 1.61. The van der Waals surface area contributed by atoms with Gasteiger partial charge >= 0.3 is 0 Å². The first-order chi connectivity index (χ1) is 9.02. The summed E-state index contributed by atoms with van der Waals surface area (Å²) in [5.74, 6) is -1.68. The highest BCUT2D eigenvalue weighted by molar-refractivity contribution is 9.11. The van der Waals surface area contributed by atoms with E-state index in [0.717, 1.165) is 20.6 Å². The van der Waals surface area contributed by atoms with Gasteiger partial charge in [-0.15, -0.1) is 0 Å². The Hall–Kier alpha value is -0.780. The number of halogens is 4. The molecule has 0 radical (unpaired) electrons. The molecule has 1 atom stereocenters. The Morgan fingerprint density at radius 3 is 2.37 bits per heavy atom. The number of benzene rings is 2. The quantitative estimate of drug-likeness (QED) is 0.793. The van der Waals surface area contributed by atoms with E-state index < -0.39 is 11.6 Å². The first-order valence-corrected chi connectivity index (χ1v) is 7.18. The summed E-state index contributed by atoms with van der Waals surface area (Å²) in [6.07, 6.45) is 0. The van der Waals surface area contributed by atoms with Crippen LogP contribution in [0.25, 0.3) is 0 Å². The van der Waals surface area contributed by atoms with Crippen LogP contribution in [0.2, 0.25) is 0 Å². The van der Waals surface area contributed by atoms with Crippen LogP contribution in [-0.4, -0.2) is 7.05 Å². The predicted octanol–water partition coefficient (Wildman–Crippen LogP) is 4.80. The zero-order valence-corrected chi connectivity index (χ0v) is 13.2. The predicted molar refractivity (Wildman–Crippen MR) is 79.1 cm³/mol. The molecule has 0 amide bonds. The van der Waals surface area contributed by atoms with Gasteiger partial charge in [-0.25, -0.2) is 8.78 Å². The summed E-state index contributed by atoms with van der Waals surface area (Å²) in [6, 6.07) is 9.46. The van der Waals surface area contributed by atoms with Crippen molar-refractivity contribution in [3.05, 3.63) is 68.1 Å². The molecule has 0 saturated carbocycles. The van der Waals surface area contributed by atoms with Crippen LogP contribution in [0, 0.1) is 11.6 Å². The van der Waals surface area contributed by atoms with Crippen molar-refractivity contribution in [3.8, 4) is 0 Å². The van der Waals surface area contributed by atoms with Crippen LogP contribution in [0.1, 0.15) is 17.2 Å². The summed E-state index contributed by atoms with van der Waals surface area (Å²) in [4.78, 5) is 0. The molecule has 1 N–H and O–H groups in total. The van der Waals surface area contributed by atoms with Crippen molar-refractivity contribution in [2.75, 3.05) is 7.05 Å². The largest absolute Gasteiger partial charge is 0.309 e. The molecule has 2 rings (SSSR count). The van der Waals surface area contributed by atoms with E-state index in [0.29, 0.717) is 5.56 Å². The van der Waals surface area contributed by atoms with Gasteiger partial charge in [0.1, 0.15) is 0 Å². The molecule has 0 aliphatic heterocycles. The van der Waals surface area contributed by atoms with Gasteiger partial charge in [0.25, 0.3) is 0 Å². The molecule has 0 heterocycles. The molecule has 0 aromatic heterocycles. The van der Waals surface area contributed by atoms with Crippen molar-refractivity contribution in [3.63, 3.8) is 0 Å². The molecule has 0 bridgehead atoms. The molecule has 2 aromatic carbocycles. The molecule has 0 saturated heterocycles. The average molecular weight is 391 g/mol. The number of hydrogen-bond donors (Lipinski definition) is 1. The number of rotatable bonds is 3. The van der Waals surface area contributed by atoms with Crippen LogP contribution in [0.4, 0.5) is 8.78 Å². The van der Waals surface area contributed by atoms with E-state index >= 15 is 0 Å². The molecule has 0 aliphatic rings. The van der Waals surface area contributed by atoms with E-state index in [-0.39, 0.29) is 6.04 Å². The molecule has 0 aliphatic carbocycles. The van der Waals surface area contributed by atoms with Gasteiger partial charge in [-0.05, 0) is 48.5 Å². The molecule has 1 nitrogen and oxygen atoms in total. The number of hydrogen-bond acceptors (Lipinski definition) is 1. The van der Waals surface area contributed by atoms with E-state index in [1.165, 1.54) is 6.07 Å².